The molecule has 1 amide bonds. The number of pyridine rings is 1. The summed E-state index contributed by atoms with van der Waals surface area (Å²) in [4.78, 5) is 30.0. The van der Waals surface area contributed by atoms with Gasteiger partial charge in [-0.05, 0) is 32.8 Å². The molecule has 1 aromatic rings. The number of likely N-dealkylation sites (tertiary alicyclic amines) is 1. The molecular formula is C17H24N2O5. The predicted molar refractivity (Wildman–Crippen MR) is 87.1 cm³/mol. The number of carboxylic acids is 1. The number of aliphatic carboxylic acids is 1. The summed E-state index contributed by atoms with van der Waals surface area (Å²) in [6.07, 6.45) is 2.60. The molecule has 2 rings (SSSR count). The van der Waals surface area contributed by atoms with Crippen molar-refractivity contribution in [2.45, 2.75) is 32.8 Å². The smallest absolute Gasteiger partial charge is 0.313 e. The minimum absolute atomic E-state index is 0.00590. The zero-order chi connectivity index (χ0) is 17.7. The number of ether oxygens (including phenoxy) is 2. The Morgan fingerprint density at radius 1 is 1.42 bits per heavy atom. The predicted octanol–water partition coefficient (Wildman–Crippen LogP) is 1.82. The summed E-state index contributed by atoms with van der Waals surface area (Å²) < 4.78 is 10.5. The Bertz CT molecular complexity index is 583. The second-order valence-corrected chi connectivity index (χ2v) is 6.40. The average molecular weight is 336 g/mol. The fraction of sp³-hybridized carbons (Fsp3) is 0.588. The summed E-state index contributed by atoms with van der Waals surface area (Å²) in [5.74, 6) is -0.694. The maximum absolute atomic E-state index is 12.7. The maximum atomic E-state index is 12.7. The molecule has 24 heavy (non-hydrogen) atoms. The molecule has 0 spiro atoms. The number of amides is 1. The van der Waals surface area contributed by atoms with Gasteiger partial charge in [0.05, 0.1) is 18.3 Å². The summed E-state index contributed by atoms with van der Waals surface area (Å²) in [5.41, 5.74) is -0.624. The van der Waals surface area contributed by atoms with Crippen molar-refractivity contribution in [2.24, 2.45) is 5.41 Å². The van der Waals surface area contributed by atoms with Gasteiger partial charge in [0.25, 0.3) is 5.91 Å². The van der Waals surface area contributed by atoms with E-state index >= 15 is 0 Å². The summed E-state index contributed by atoms with van der Waals surface area (Å²) in [6.45, 7) is 4.55. The fourth-order valence-corrected chi connectivity index (χ4v) is 2.94. The average Bonchev–Trinajstić information content (AvgIpc) is 2.55. The highest BCUT2D eigenvalue weighted by molar-refractivity contribution is 5.94. The van der Waals surface area contributed by atoms with Gasteiger partial charge >= 0.3 is 5.97 Å². The SMILES string of the molecule is COCC1(C(=O)O)CCCN(C(=O)c2ccc(OC(C)C)nc2)C1. The third-order valence-corrected chi connectivity index (χ3v) is 4.08. The molecule has 1 unspecified atom stereocenters. The number of hydrogen-bond donors (Lipinski definition) is 1. The molecule has 1 aliphatic rings. The minimum Gasteiger partial charge on any atom is -0.481 e. The van der Waals surface area contributed by atoms with E-state index in [4.69, 9.17) is 9.47 Å². The van der Waals surface area contributed by atoms with E-state index in [1.54, 1.807) is 17.0 Å². The van der Waals surface area contributed by atoms with Crippen molar-refractivity contribution in [3.8, 4) is 5.88 Å². The zero-order valence-electron chi connectivity index (χ0n) is 14.3. The lowest BCUT2D eigenvalue weighted by Crippen LogP contribution is -2.52. The lowest BCUT2D eigenvalue weighted by Gasteiger charge is -2.39. The normalized spacial score (nSPS) is 20.9. The van der Waals surface area contributed by atoms with Gasteiger partial charge in [-0.1, -0.05) is 0 Å². The molecule has 132 valence electrons. The van der Waals surface area contributed by atoms with E-state index in [1.165, 1.54) is 13.3 Å². The number of carbonyl (C=O) groups is 2. The largest absolute Gasteiger partial charge is 0.481 e. The van der Waals surface area contributed by atoms with Crippen LogP contribution < -0.4 is 4.74 Å². The molecule has 0 saturated carbocycles. The fourth-order valence-electron chi connectivity index (χ4n) is 2.94. The van der Waals surface area contributed by atoms with Crippen molar-refractivity contribution < 1.29 is 24.2 Å². The Labute approximate surface area is 141 Å². The third kappa shape index (κ3) is 4.03. The molecule has 2 heterocycles. The van der Waals surface area contributed by atoms with Crippen LogP contribution in [0.2, 0.25) is 0 Å². The zero-order valence-corrected chi connectivity index (χ0v) is 14.3. The third-order valence-electron chi connectivity index (χ3n) is 4.08. The van der Waals surface area contributed by atoms with Gasteiger partial charge in [-0.2, -0.15) is 0 Å². The Kier molecular flexibility index (Phi) is 5.77. The lowest BCUT2D eigenvalue weighted by atomic mass is 9.80. The van der Waals surface area contributed by atoms with Gasteiger partial charge in [-0.25, -0.2) is 4.98 Å². The number of carbonyl (C=O) groups excluding carboxylic acids is 1. The first-order valence-corrected chi connectivity index (χ1v) is 8.02. The minimum atomic E-state index is -1.04. The van der Waals surface area contributed by atoms with Gasteiger partial charge in [0.15, 0.2) is 0 Å². The van der Waals surface area contributed by atoms with Gasteiger partial charge in [0, 0.05) is 32.5 Å². The van der Waals surface area contributed by atoms with E-state index in [0.29, 0.717) is 30.8 Å². The van der Waals surface area contributed by atoms with Crippen molar-refractivity contribution >= 4 is 11.9 Å². The van der Waals surface area contributed by atoms with E-state index in [9.17, 15) is 14.7 Å². The first kappa shape index (κ1) is 18.2. The van der Waals surface area contributed by atoms with Crippen LogP contribution in [-0.2, 0) is 9.53 Å². The standard InChI is InChI=1S/C17H24N2O5/c1-12(2)24-14-6-5-13(9-18-14)15(20)19-8-4-7-17(10-19,11-23-3)16(21)22/h5-6,9,12H,4,7-8,10-11H2,1-3H3,(H,21,22). The van der Waals surface area contributed by atoms with Crippen molar-refractivity contribution in [3.63, 3.8) is 0 Å². The second-order valence-electron chi connectivity index (χ2n) is 6.40. The quantitative estimate of drug-likeness (QED) is 0.852. The number of carboxylic acid groups (broad SMARTS) is 1. The molecule has 1 aliphatic heterocycles. The molecule has 0 bridgehead atoms. The molecule has 0 aliphatic carbocycles. The van der Waals surface area contributed by atoms with Gasteiger partial charge < -0.3 is 19.5 Å². The number of nitrogens with zero attached hydrogens (tertiary/aromatic N) is 2. The maximum Gasteiger partial charge on any atom is 0.313 e. The Hall–Kier alpha value is -2.15. The summed E-state index contributed by atoms with van der Waals surface area (Å²) in [5, 5.41) is 9.56. The topological polar surface area (TPSA) is 89.0 Å². The van der Waals surface area contributed by atoms with Gasteiger partial charge in [-0.15, -0.1) is 0 Å². The van der Waals surface area contributed by atoms with Crippen LogP contribution in [0.4, 0.5) is 0 Å². The number of rotatable bonds is 6. The molecule has 1 atom stereocenters. The van der Waals surface area contributed by atoms with Crippen LogP contribution in [0, 0.1) is 5.41 Å². The van der Waals surface area contributed by atoms with E-state index in [0.717, 1.165) is 0 Å². The van der Waals surface area contributed by atoms with Crippen LogP contribution >= 0.6 is 0 Å². The molecule has 0 radical (unpaired) electrons. The van der Waals surface area contributed by atoms with Crippen molar-refractivity contribution in [2.75, 3.05) is 26.8 Å². The molecular weight excluding hydrogens is 312 g/mol. The molecule has 1 fully saturated rings. The highest BCUT2D eigenvalue weighted by Crippen LogP contribution is 2.31. The number of piperidine rings is 1. The Morgan fingerprint density at radius 3 is 2.71 bits per heavy atom. The Balaban J connectivity index is 2.12. The van der Waals surface area contributed by atoms with E-state index in [2.05, 4.69) is 4.98 Å². The van der Waals surface area contributed by atoms with Crippen molar-refractivity contribution in [3.05, 3.63) is 23.9 Å². The molecule has 7 heteroatoms. The second kappa shape index (κ2) is 7.61. The first-order chi connectivity index (χ1) is 11.4. The van der Waals surface area contributed by atoms with E-state index in [1.807, 2.05) is 13.8 Å². The molecule has 0 aromatic carbocycles. The number of methoxy groups -OCH3 is 1. The summed E-state index contributed by atoms with van der Waals surface area (Å²) in [6, 6.07) is 3.30. The van der Waals surface area contributed by atoms with Crippen LogP contribution in [0.1, 0.15) is 37.0 Å². The van der Waals surface area contributed by atoms with Crippen LogP contribution in [0.25, 0.3) is 0 Å². The molecule has 1 aromatic heterocycles. The van der Waals surface area contributed by atoms with Crippen LogP contribution in [-0.4, -0.2) is 59.8 Å². The lowest BCUT2D eigenvalue weighted by molar-refractivity contribution is -0.155. The van der Waals surface area contributed by atoms with Crippen molar-refractivity contribution in [1.29, 1.82) is 0 Å². The van der Waals surface area contributed by atoms with E-state index in [-0.39, 0.29) is 25.2 Å². The Morgan fingerprint density at radius 2 is 2.17 bits per heavy atom. The monoisotopic (exact) mass is 336 g/mol. The van der Waals surface area contributed by atoms with E-state index < -0.39 is 11.4 Å². The summed E-state index contributed by atoms with van der Waals surface area (Å²) >= 11 is 0. The van der Waals surface area contributed by atoms with Crippen molar-refractivity contribution in [1.82, 2.24) is 9.88 Å². The van der Waals surface area contributed by atoms with Gasteiger partial charge in [0.2, 0.25) is 5.88 Å². The highest BCUT2D eigenvalue weighted by Gasteiger charge is 2.44. The molecule has 7 nitrogen and oxygen atoms in total. The van der Waals surface area contributed by atoms with Crippen LogP contribution in [0.3, 0.4) is 0 Å². The highest BCUT2D eigenvalue weighted by atomic mass is 16.5. The van der Waals surface area contributed by atoms with Crippen LogP contribution in [0.5, 0.6) is 5.88 Å². The molecule has 1 N–H and O–H groups in total. The van der Waals surface area contributed by atoms with Gasteiger partial charge in [-0.3, -0.25) is 9.59 Å². The van der Waals surface area contributed by atoms with Gasteiger partial charge in [0.1, 0.15) is 5.41 Å². The summed E-state index contributed by atoms with van der Waals surface area (Å²) in [7, 11) is 1.48. The number of hydrogen-bond acceptors (Lipinski definition) is 5. The molecule has 1 saturated heterocycles. The first-order valence-electron chi connectivity index (χ1n) is 8.02. The van der Waals surface area contributed by atoms with Crippen LogP contribution in [0.15, 0.2) is 18.3 Å². The number of aromatic nitrogens is 1.